The van der Waals surface area contributed by atoms with Gasteiger partial charge in [-0.05, 0) is 47.8 Å². The minimum atomic E-state index is -0.0316. The van der Waals surface area contributed by atoms with Gasteiger partial charge in [0.05, 0.1) is 12.1 Å². The van der Waals surface area contributed by atoms with Crippen molar-refractivity contribution in [2.75, 3.05) is 16.4 Å². The second-order valence-electron chi connectivity index (χ2n) is 6.40. The van der Waals surface area contributed by atoms with Crippen LogP contribution >= 0.6 is 11.3 Å². The molecule has 0 aliphatic carbocycles. The van der Waals surface area contributed by atoms with Gasteiger partial charge in [0.25, 0.3) is 0 Å². The summed E-state index contributed by atoms with van der Waals surface area (Å²) in [6.07, 6.45) is 2.08. The van der Waals surface area contributed by atoms with E-state index >= 15 is 0 Å². The molecule has 0 bridgehead atoms. The van der Waals surface area contributed by atoms with Crippen LogP contribution in [0, 0.1) is 0 Å². The summed E-state index contributed by atoms with van der Waals surface area (Å²) in [4.78, 5) is 22.0. The molecule has 0 aliphatic heterocycles. The molecule has 4 N–H and O–H groups in total. The van der Waals surface area contributed by atoms with Crippen LogP contribution in [-0.2, 0) is 11.2 Å². The predicted octanol–water partition coefficient (Wildman–Crippen LogP) is 4.71. The van der Waals surface area contributed by atoms with Gasteiger partial charge in [0.2, 0.25) is 11.9 Å². The summed E-state index contributed by atoms with van der Waals surface area (Å²) in [5.41, 5.74) is 9.77. The van der Waals surface area contributed by atoms with Gasteiger partial charge in [-0.15, -0.1) is 11.3 Å². The second kappa shape index (κ2) is 8.53. The Labute approximate surface area is 172 Å². The van der Waals surface area contributed by atoms with Crippen LogP contribution in [0.4, 0.5) is 23.0 Å². The van der Waals surface area contributed by atoms with E-state index in [1.54, 1.807) is 17.5 Å². The maximum Gasteiger partial charge on any atom is 0.229 e. The number of nitrogens with one attached hydrogen (secondary N) is 2. The Kier molecular flexibility index (Phi) is 5.49. The maximum absolute atomic E-state index is 12.1. The number of nitrogen functional groups attached to an aromatic ring is 1. The Hall–Kier alpha value is -3.71. The van der Waals surface area contributed by atoms with Gasteiger partial charge in [-0.2, -0.15) is 0 Å². The van der Waals surface area contributed by atoms with E-state index < -0.39 is 0 Å². The smallest absolute Gasteiger partial charge is 0.229 e. The van der Waals surface area contributed by atoms with E-state index in [0.29, 0.717) is 18.1 Å². The topological polar surface area (TPSA) is 92.9 Å². The molecule has 4 aromatic rings. The molecule has 2 aromatic carbocycles. The van der Waals surface area contributed by atoms with Gasteiger partial charge in [-0.3, -0.25) is 4.79 Å². The highest BCUT2D eigenvalue weighted by molar-refractivity contribution is 7.10. The number of nitrogens with zero attached hydrogens (tertiary/aromatic N) is 2. The van der Waals surface area contributed by atoms with Gasteiger partial charge in [0, 0.05) is 33.7 Å². The molecule has 0 saturated carbocycles. The number of thiophene rings is 1. The quantitative estimate of drug-likeness (QED) is 0.407. The molecule has 0 aliphatic rings. The van der Waals surface area contributed by atoms with Crippen LogP contribution in [0.5, 0.6) is 0 Å². The van der Waals surface area contributed by atoms with Gasteiger partial charge < -0.3 is 16.4 Å². The molecule has 144 valence electrons. The average Bonchev–Trinajstić information content (AvgIpc) is 3.22. The van der Waals surface area contributed by atoms with E-state index in [2.05, 4.69) is 20.6 Å². The minimum absolute atomic E-state index is 0.0316. The highest BCUT2D eigenvalue weighted by Crippen LogP contribution is 2.22. The Morgan fingerprint density at radius 1 is 1.00 bits per heavy atom. The third-order valence-corrected chi connectivity index (χ3v) is 5.05. The van der Waals surface area contributed by atoms with Gasteiger partial charge in [-0.25, -0.2) is 9.97 Å². The Morgan fingerprint density at radius 3 is 2.62 bits per heavy atom. The third-order valence-electron chi connectivity index (χ3n) is 4.18. The second-order valence-corrected chi connectivity index (χ2v) is 7.43. The van der Waals surface area contributed by atoms with Gasteiger partial charge >= 0.3 is 0 Å². The van der Waals surface area contributed by atoms with Crippen LogP contribution in [0.25, 0.3) is 11.3 Å². The summed E-state index contributed by atoms with van der Waals surface area (Å²) < 4.78 is 0. The molecule has 6 nitrogen and oxygen atoms in total. The summed E-state index contributed by atoms with van der Waals surface area (Å²) in [6.45, 7) is 0. The number of hydrogen-bond donors (Lipinski definition) is 3. The van der Waals surface area contributed by atoms with E-state index in [-0.39, 0.29) is 5.91 Å². The zero-order valence-electron chi connectivity index (χ0n) is 15.5. The summed E-state index contributed by atoms with van der Waals surface area (Å²) in [6, 6.07) is 20.7. The van der Waals surface area contributed by atoms with Crippen molar-refractivity contribution in [2.24, 2.45) is 0 Å². The van der Waals surface area contributed by atoms with Crippen LogP contribution in [0.15, 0.2) is 78.3 Å². The SMILES string of the molecule is Nc1cccc(Nc2nccc(-c3ccc(NC(=O)Cc4cccs4)cc3)n2)c1. The number of benzene rings is 2. The summed E-state index contributed by atoms with van der Waals surface area (Å²) in [7, 11) is 0. The summed E-state index contributed by atoms with van der Waals surface area (Å²) >= 11 is 1.58. The van der Waals surface area contributed by atoms with Gasteiger partial charge in [-0.1, -0.05) is 24.3 Å². The van der Waals surface area contributed by atoms with E-state index in [1.165, 1.54) is 0 Å². The number of nitrogens with two attached hydrogens (primary N) is 1. The van der Waals surface area contributed by atoms with E-state index in [9.17, 15) is 4.79 Å². The highest BCUT2D eigenvalue weighted by Gasteiger charge is 2.07. The fourth-order valence-electron chi connectivity index (χ4n) is 2.83. The lowest BCUT2D eigenvalue weighted by atomic mass is 10.1. The van der Waals surface area contributed by atoms with Crippen molar-refractivity contribution >= 4 is 40.3 Å². The minimum Gasteiger partial charge on any atom is -0.399 e. The van der Waals surface area contributed by atoms with E-state index in [1.807, 2.05) is 72.1 Å². The van der Waals surface area contributed by atoms with Crippen molar-refractivity contribution in [3.05, 3.63) is 83.2 Å². The van der Waals surface area contributed by atoms with Crippen LogP contribution in [0.2, 0.25) is 0 Å². The van der Waals surface area contributed by atoms with Crippen molar-refractivity contribution in [3.8, 4) is 11.3 Å². The number of carbonyl (C=O) groups is 1. The lowest BCUT2D eigenvalue weighted by molar-refractivity contribution is -0.115. The molecular weight excluding hydrogens is 382 g/mol. The molecule has 0 unspecified atom stereocenters. The van der Waals surface area contributed by atoms with Crippen LogP contribution in [-0.4, -0.2) is 15.9 Å². The number of hydrogen-bond acceptors (Lipinski definition) is 6. The number of anilines is 4. The Bertz CT molecular complexity index is 1110. The monoisotopic (exact) mass is 401 g/mol. The molecule has 0 radical (unpaired) electrons. The zero-order chi connectivity index (χ0) is 20.1. The molecular formula is C22H19N5OS. The van der Waals surface area contributed by atoms with E-state index in [4.69, 9.17) is 5.73 Å². The summed E-state index contributed by atoms with van der Waals surface area (Å²) in [5, 5.41) is 8.04. The molecule has 2 aromatic heterocycles. The van der Waals surface area contributed by atoms with Crippen LogP contribution < -0.4 is 16.4 Å². The average molecular weight is 401 g/mol. The molecule has 1 amide bonds. The van der Waals surface area contributed by atoms with Gasteiger partial charge in [0.15, 0.2) is 0 Å². The first-order valence-electron chi connectivity index (χ1n) is 9.04. The number of aromatic nitrogens is 2. The van der Waals surface area contributed by atoms with Crippen LogP contribution in [0.1, 0.15) is 4.88 Å². The highest BCUT2D eigenvalue weighted by atomic mass is 32.1. The van der Waals surface area contributed by atoms with Crippen LogP contribution in [0.3, 0.4) is 0 Å². The molecule has 7 heteroatoms. The first kappa shape index (κ1) is 18.6. The lowest BCUT2D eigenvalue weighted by Gasteiger charge is -2.08. The normalized spacial score (nSPS) is 10.5. The number of rotatable bonds is 6. The largest absolute Gasteiger partial charge is 0.399 e. The molecule has 0 atom stereocenters. The Balaban J connectivity index is 1.44. The summed E-state index contributed by atoms with van der Waals surface area (Å²) in [5.74, 6) is 0.456. The number of carbonyl (C=O) groups excluding carboxylic acids is 1. The van der Waals surface area contributed by atoms with Gasteiger partial charge in [0.1, 0.15) is 0 Å². The van der Waals surface area contributed by atoms with Crippen molar-refractivity contribution in [2.45, 2.75) is 6.42 Å². The van der Waals surface area contributed by atoms with E-state index in [0.717, 1.165) is 27.5 Å². The molecule has 0 fully saturated rings. The molecule has 0 saturated heterocycles. The molecule has 0 spiro atoms. The van der Waals surface area contributed by atoms with Crippen molar-refractivity contribution < 1.29 is 4.79 Å². The first-order chi connectivity index (χ1) is 14.2. The number of amides is 1. The standard InChI is InChI=1S/C22H19N5OS/c23-16-3-1-4-18(13-16)26-22-24-11-10-20(27-22)15-6-8-17(9-7-15)25-21(28)14-19-5-2-12-29-19/h1-13H,14,23H2,(H,25,28)(H,24,26,27). The van der Waals surface area contributed by atoms with Crippen molar-refractivity contribution in [3.63, 3.8) is 0 Å². The Morgan fingerprint density at radius 2 is 1.86 bits per heavy atom. The predicted molar refractivity (Wildman–Crippen MR) is 118 cm³/mol. The molecule has 2 heterocycles. The molecule has 29 heavy (non-hydrogen) atoms. The maximum atomic E-state index is 12.1. The van der Waals surface area contributed by atoms with Crippen molar-refractivity contribution in [1.82, 2.24) is 9.97 Å². The third kappa shape index (κ3) is 4.97. The lowest BCUT2D eigenvalue weighted by Crippen LogP contribution is -2.13. The van der Waals surface area contributed by atoms with Crippen molar-refractivity contribution in [1.29, 1.82) is 0 Å². The molecule has 4 rings (SSSR count). The zero-order valence-corrected chi connectivity index (χ0v) is 16.3. The fraction of sp³-hybridized carbons (Fsp3) is 0.0455. The fourth-order valence-corrected chi connectivity index (χ4v) is 3.53. The first-order valence-corrected chi connectivity index (χ1v) is 9.92.